The highest BCUT2D eigenvalue weighted by Gasteiger charge is 2.16. The van der Waals surface area contributed by atoms with Crippen molar-refractivity contribution in [3.05, 3.63) is 45.0 Å². The van der Waals surface area contributed by atoms with Crippen molar-refractivity contribution in [2.24, 2.45) is 0 Å². The van der Waals surface area contributed by atoms with Gasteiger partial charge in [0.2, 0.25) is 0 Å². The third-order valence-electron chi connectivity index (χ3n) is 2.54. The highest BCUT2D eigenvalue weighted by Crippen LogP contribution is 2.39. The summed E-state index contributed by atoms with van der Waals surface area (Å²) in [7, 11) is 0. The van der Waals surface area contributed by atoms with E-state index in [2.05, 4.69) is 11.1 Å². The minimum absolute atomic E-state index is 0.159. The molecule has 0 saturated carbocycles. The zero-order valence-corrected chi connectivity index (χ0v) is 11.9. The molecule has 0 fully saturated rings. The molecule has 1 aromatic heterocycles. The van der Waals surface area contributed by atoms with Crippen LogP contribution in [0.1, 0.15) is 5.56 Å². The normalized spacial score (nSPS) is 10.2. The summed E-state index contributed by atoms with van der Waals surface area (Å²) in [4.78, 5) is 4.23. The molecule has 3 nitrogen and oxygen atoms in total. The number of hydrogen-bond acceptors (Lipinski definition) is 3. The van der Waals surface area contributed by atoms with Crippen molar-refractivity contribution in [2.75, 3.05) is 5.73 Å². The van der Waals surface area contributed by atoms with Crippen LogP contribution < -0.4 is 5.73 Å². The van der Waals surface area contributed by atoms with Crippen LogP contribution in [0.2, 0.25) is 15.1 Å². The minimum atomic E-state index is 0.159. The molecule has 2 aromatic rings. The summed E-state index contributed by atoms with van der Waals surface area (Å²) < 4.78 is 0. The van der Waals surface area contributed by atoms with Gasteiger partial charge in [0, 0.05) is 5.56 Å². The fourth-order valence-electron chi connectivity index (χ4n) is 1.72. The first-order valence-corrected chi connectivity index (χ1v) is 6.43. The Morgan fingerprint density at radius 2 is 1.89 bits per heavy atom. The maximum Gasteiger partial charge on any atom is 0.0776 e. The van der Waals surface area contributed by atoms with Crippen LogP contribution in [0.25, 0.3) is 11.3 Å². The molecule has 2 rings (SSSR count). The Balaban J connectivity index is 2.72. The lowest BCUT2D eigenvalue weighted by Crippen LogP contribution is -1.97. The predicted molar refractivity (Wildman–Crippen MR) is 78.4 cm³/mol. The van der Waals surface area contributed by atoms with Crippen LogP contribution in [0.4, 0.5) is 5.69 Å². The topological polar surface area (TPSA) is 62.7 Å². The molecule has 0 aliphatic rings. The average Bonchev–Trinajstić information content (AvgIpc) is 2.37. The summed E-state index contributed by atoms with van der Waals surface area (Å²) in [6, 6.07) is 6.99. The van der Waals surface area contributed by atoms with Crippen LogP contribution in [0.15, 0.2) is 24.4 Å². The highest BCUT2D eigenvalue weighted by atomic mass is 35.5. The number of rotatable bonds is 2. The third kappa shape index (κ3) is 2.76. The Kier molecular flexibility index (Phi) is 4.16. The number of nitrogen functional groups attached to an aromatic ring is 1. The Hall–Kier alpha value is -1.47. The quantitative estimate of drug-likeness (QED) is 0.838. The predicted octanol–water partition coefficient (Wildman–Crippen LogP) is 4.36. The number of anilines is 1. The van der Waals surface area contributed by atoms with E-state index in [1.165, 1.54) is 6.20 Å². The van der Waals surface area contributed by atoms with Gasteiger partial charge in [0.05, 0.1) is 45.1 Å². The molecule has 0 spiro atoms. The summed E-state index contributed by atoms with van der Waals surface area (Å²) in [6.45, 7) is 0. The Morgan fingerprint density at radius 3 is 2.58 bits per heavy atom. The maximum absolute atomic E-state index is 8.86. The number of aromatic nitrogens is 1. The molecule has 1 aromatic carbocycles. The van der Waals surface area contributed by atoms with Crippen LogP contribution in [0.3, 0.4) is 0 Å². The average molecular weight is 313 g/mol. The van der Waals surface area contributed by atoms with Gasteiger partial charge in [-0.1, -0.05) is 34.8 Å². The van der Waals surface area contributed by atoms with E-state index in [1.807, 2.05) is 0 Å². The number of benzene rings is 1. The third-order valence-corrected chi connectivity index (χ3v) is 3.66. The Labute approximate surface area is 125 Å². The van der Waals surface area contributed by atoms with E-state index in [1.54, 1.807) is 18.2 Å². The second-order valence-electron chi connectivity index (χ2n) is 3.83. The molecule has 0 amide bonds. The number of halogens is 3. The number of pyridine rings is 1. The van der Waals surface area contributed by atoms with Crippen molar-refractivity contribution in [1.29, 1.82) is 5.26 Å². The number of hydrogen-bond donors (Lipinski definition) is 1. The van der Waals surface area contributed by atoms with E-state index in [9.17, 15) is 0 Å². The van der Waals surface area contributed by atoms with Gasteiger partial charge in [0.25, 0.3) is 0 Å². The van der Waals surface area contributed by atoms with Crippen molar-refractivity contribution in [2.45, 2.75) is 6.42 Å². The van der Waals surface area contributed by atoms with Crippen molar-refractivity contribution in [1.82, 2.24) is 4.98 Å². The smallest absolute Gasteiger partial charge is 0.0776 e. The molecule has 96 valence electrons. The Bertz CT molecular complexity index is 678. The number of nitrogens with two attached hydrogens (primary N) is 1. The van der Waals surface area contributed by atoms with Crippen LogP contribution in [-0.4, -0.2) is 4.98 Å². The number of nitrogens with zero attached hydrogens (tertiary/aromatic N) is 2. The van der Waals surface area contributed by atoms with E-state index >= 15 is 0 Å². The first-order valence-electron chi connectivity index (χ1n) is 5.29. The van der Waals surface area contributed by atoms with Crippen LogP contribution >= 0.6 is 34.8 Å². The maximum atomic E-state index is 8.86. The molecule has 2 N–H and O–H groups in total. The largest absolute Gasteiger partial charge is 0.397 e. The fourth-order valence-corrected chi connectivity index (χ4v) is 2.43. The van der Waals surface area contributed by atoms with E-state index in [-0.39, 0.29) is 6.42 Å². The molecule has 0 aliphatic heterocycles. The van der Waals surface area contributed by atoms with Crippen molar-refractivity contribution in [3.8, 4) is 17.3 Å². The molecule has 0 saturated heterocycles. The van der Waals surface area contributed by atoms with Gasteiger partial charge in [0.15, 0.2) is 0 Å². The van der Waals surface area contributed by atoms with E-state index in [0.717, 1.165) is 0 Å². The first-order chi connectivity index (χ1) is 9.04. The SMILES string of the molecule is N#CCc1cc(N)cnc1-c1c(Cl)ccc(Cl)c1Cl. The Morgan fingerprint density at radius 1 is 1.21 bits per heavy atom. The van der Waals surface area contributed by atoms with Gasteiger partial charge >= 0.3 is 0 Å². The fraction of sp³-hybridized carbons (Fsp3) is 0.0769. The molecule has 1 heterocycles. The van der Waals surface area contributed by atoms with Crippen LogP contribution in [0, 0.1) is 11.3 Å². The molecule has 19 heavy (non-hydrogen) atoms. The molecule has 0 radical (unpaired) electrons. The first kappa shape index (κ1) is 14.0. The number of nitriles is 1. The molecular weight excluding hydrogens is 305 g/mol. The van der Waals surface area contributed by atoms with E-state index in [0.29, 0.717) is 37.6 Å². The van der Waals surface area contributed by atoms with Gasteiger partial charge in [-0.05, 0) is 23.8 Å². The molecule has 0 aliphatic carbocycles. The lowest BCUT2D eigenvalue weighted by molar-refractivity contribution is 1.20. The van der Waals surface area contributed by atoms with Crippen molar-refractivity contribution in [3.63, 3.8) is 0 Å². The summed E-state index contributed by atoms with van der Waals surface area (Å²) in [5.74, 6) is 0. The minimum Gasteiger partial charge on any atom is -0.397 e. The van der Waals surface area contributed by atoms with E-state index < -0.39 is 0 Å². The zero-order valence-electron chi connectivity index (χ0n) is 9.62. The molecule has 6 heteroatoms. The lowest BCUT2D eigenvalue weighted by atomic mass is 10.0. The summed E-state index contributed by atoms with van der Waals surface area (Å²) >= 11 is 18.3. The van der Waals surface area contributed by atoms with E-state index in [4.69, 9.17) is 45.8 Å². The summed E-state index contributed by atoms with van der Waals surface area (Å²) in [5.41, 5.74) is 7.85. The molecular formula is C13H8Cl3N3. The van der Waals surface area contributed by atoms with Crippen LogP contribution in [0.5, 0.6) is 0 Å². The van der Waals surface area contributed by atoms with Gasteiger partial charge in [-0.3, -0.25) is 4.98 Å². The summed E-state index contributed by atoms with van der Waals surface area (Å²) in [5, 5.41) is 9.97. The van der Waals surface area contributed by atoms with Crippen molar-refractivity contribution >= 4 is 40.5 Å². The van der Waals surface area contributed by atoms with Gasteiger partial charge in [-0.25, -0.2) is 0 Å². The van der Waals surface area contributed by atoms with Crippen molar-refractivity contribution < 1.29 is 0 Å². The standard InChI is InChI=1S/C13H8Cl3N3/c14-9-1-2-10(15)12(16)11(9)13-7(3-4-17)5-8(18)6-19-13/h1-2,5-6H,3,18H2. The molecule has 0 atom stereocenters. The second-order valence-corrected chi connectivity index (χ2v) is 5.02. The lowest BCUT2D eigenvalue weighted by Gasteiger charge is -2.11. The van der Waals surface area contributed by atoms with Gasteiger partial charge < -0.3 is 5.73 Å². The molecule has 0 unspecified atom stereocenters. The zero-order chi connectivity index (χ0) is 14.0. The van der Waals surface area contributed by atoms with Crippen LogP contribution in [-0.2, 0) is 6.42 Å². The van der Waals surface area contributed by atoms with Gasteiger partial charge in [-0.15, -0.1) is 0 Å². The van der Waals surface area contributed by atoms with Gasteiger partial charge in [-0.2, -0.15) is 5.26 Å². The monoisotopic (exact) mass is 311 g/mol. The second kappa shape index (κ2) is 5.66. The summed E-state index contributed by atoms with van der Waals surface area (Å²) in [6.07, 6.45) is 1.65. The molecule has 0 bridgehead atoms. The van der Waals surface area contributed by atoms with Gasteiger partial charge in [0.1, 0.15) is 0 Å². The highest BCUT2D eigenvalue weighted by molar-refractivity contribution is 6.46.